The van der Waals surface area contributed by atoms with E-state index in [1.54, 1.807) is 0 Å². The fourth-order valence-electron chi connectivity index (χ4n) is 1.33. The van der Waals surface area contributed by atoms with E-state index in [-0.39, 0.29) is 0 Å². The second-order valence-electron chi connectivity index (χ2n) is 2.93. The van der Waals surface area contributed by atoms with Crippen molar-refractivity contribution in [1.29, 1.82) is 0 Å². The summed E-state index contributed by atoms with van der Waals surface area (Å²) >= 11 is 0. The van der Waals surface area contributed by atoms with Crippen molar-refractivity contribution in [3.8, 4) is 0 Å². The van der Waals surface area contributed by atoms with Crippen molar-refractivity contribution >= 4 is 8.97 Å². The molecule has 0 saturated carbocycles. The number of rotatable bonds is 1. The van der Waals surface area contributed by atoms with Gasteiger partial charge in [0.1, 0.15) is 0 Å². The molecule has 78 valence electrons. The molecule has 0 spiro atoms. The van der Waals surface area contributed by atoms with E-state index in [9.17, 15) is 0 Å². The van der Waals surface area contributed by atoms with Gasteiger partial charge in [0.15, 0.2) is 0 Å². The van der Waals surface area contributed by atoms with Gasteiger partial charge in [-0.3, -0.25) is 9.43 Å². The Kier molecular flexibility index (Phi) is 2.98. The summed E-state index contributed by atoms with van der Waals surface area (Å²) in [6.07, 6.45) is 0. The molecule has 8 nitrogen and oxygen atoms in total. The number of hydrogen-bond donors (Lipinski definition) is 1. The Morgan fingerprint density at radius 3 is 2.71 bits per heavy atom. The Balaban J connectivity index is 2.16. The van der Waals surface area contributed by atoms with Gasteiger partial charge in [-0.25, -0.2) is 0 Å². The molecule has 3 saturated heterocycles. The fourth-order valence-corrected chi connectivity index (χ4v) is 2.74. The zero-order valence-electron chi connectivity index (χ0n) is 7.55. The molecule has 1 N–H and O–H groups in total. The van der Waals surface area contributed by atoms with Crippen molar-refractivity contribution in [1.82, 2.24) is 10.4 Å². The van der Waals surface area contributed by atoms with Crippen LogP contribution in [0.15, 0.2) is 4.78 Å². The average Bonchev–Trinajstić information content (AvgIpc) is 2.06. The second kappa shape index (κ2) is 4.23. The monoisotopic (exact) mass is 217 g/mol. The fraction of sp³-hybridized carbons (Fsp3) is 1.00. The molecule has 3 aliphatic rings. The maximum atomic E-state index is 8.40. The van der Waals surface area contributed by atoms with Crippen LogP contribution in [-0.2, 0) is 13.4 Å². The van der Waals surface area contributed by atoms with Crippen molar-refractivity contribution in [2.45, 2.75) is 0 Å². The summed E-state index contributed by atoms with van der Waals surface area (Å²) in [5.74, 6) is 0. The van der Waals surface area contributed by atoms with Crippen LogP contribution in [0, 0.1) is 0 Å². The maximum Gasteiger partial charge on any atom is 0.608 e. The summed E-state index contributed by atoms with van der Waals surface area (Å²) in [6.45, 7) is 3.10. The van der Waals surface area contributed by atoms with Gasteiger partial charge < -0.3 is 8.85 Å². The van der Waals surface area contributed by atoms with E-state index < -0.39 is 8.97 Å². The zero-order valence-corrected chi connectivity index (χ0v) is 8.55. The van der Waals surface area contributed by atoms with E-state index >= 15 is 0 Å². The highest BCUT2D eigenvalue weighted by Gasteiger charge is 2.44. The highest BCUT2D eigenvalue weighted by molar-refractivity contribution is 6.58. The molecule has 3 rings (SSSR count). The van der Waals surface area contributed by atoms with Gasteiger partial charge in [-0.15, -0.1) is 0 Å². The quantitative estimate of drug-likeness (QED) is 0.278. The summed E-state index contributed by atoms with van der Waals surface area (Å²) in [7, 11) is -3.16. The minimum absolute atomic E-state index is 0.465. The Hall–Kier alpha value is -0.673. The molecular formula is C5H11N5O3Si. The molecule has 0 aliphatic carbocycles. The Morgan fingerprint density at radius 1 is 1.36 bits per heavy atom. The Bertz CT molecular complexity index is 231. The highest BCUT2D eigenvalue weighted by Crippen LogP contribution is 2.15. The zero-order chi connectivity index (χ0) is 9.86. The molecular weight excluding hydrogens is 206 g/mol. The predicted octanol–water partition coefficient (Wildman–Crippen LogP) is -0.427. The Morgan fingerprint density at radius 2 is 2.07 bits per heavy atom. The summed E-state index contributed by atoms with van der Waals surface area (Å²) in [4.78, 5) is 4.79. The lowest BCUT2D eigenvalue weighted by molar-refractivity contribution is -0.0505. The number of hydroxylamine groups is 1. The molecule has 0 unspecified atom stereocenters. The van der Waals surface area contributed by atoms with Crippen molar-refractivity contribution in [2.75, 3.05) is 33.0 Å². The lowest BCUT2D eigenvalue weighted by atomic mass is 10.5. The molecule has 0 atom stereocenters. The maximum absolute atomic E-state index is 8.40. The van der Waals surface area contributed by atoms with Gasteiger partial charge in [0.05, 0.1) is 19.9 Å². The lowest BCUT2D eigenvalue weighted by Gasteiger charge is -2.35. The molecule has 0 aromatic carbocycles. The van der Waals surface area contributed by atoms with E-state index in [1.807, 2.05) is 0 Å². The van der Waals surface area contributed by atoms with Gasteiger partial charge in [0.2, 0.25) is 0 Å². The predicted molar refractivity (Wildman–Crippen MR) is 47.5 cm³/mol. The van der Waals surface area contributed by atoms with Crippen LogP contribution in [0.1, 0.15) is 0 Å². The molecule has 0 aromatic rings. The summed E-state index contributed by atoms with van der Waals surface area (Å²) in [5.41, 5.74) is 11.1. The molecule has 3 fully saturated rings. The van der Waals surface area contributed by atoms with Crippen molar-refractivity contribution in [2.24, 2.45) is 4.78 Å². The second-order valence-corrected chi connectivity index (χ2v) is 4.96. The smallest absolute Gasteiger partial charge is 0.368 e. The molecule has 3 heterocycles. The van der Waals surface area contributed by atoms with Crippen LogP contribution in [0.3, 0.4) is 0 Å². The van der Waals surface area contributed by atoms with E-state index in [2.05, 4.69) is 20.1 Å². The minimum Gasteiger partial charge on any atom is -0.368 e. The number of nitrogens with one attached hydrogen (secondary N) is 1. The summed E-state index contributed by atoms with van der Waals surface area (Å²) in [6, 6.07) is 0. The van der Waals surface area contributed by atoms with Crippen molar-refractivity contribution in [3.63, 3.8) is 0 Å². The first-order chi connectivity index (χ1) is 6.85. The van der Waals surface area contributed by atoms with Crippen LogP contribution in [0.25, 0.3) is 10.4 Å². The van der Waals surface area contributed by atoms with Crippen LogP contribution in [-0.4, -0.2) is 46.8 Å². The van der Waals surface area contributed by atoms with Gasteiger partial charge in [0.25, 0.3) is 0 Å². The average molecular weight is 217 g/mol. The Labute approximate surface area is 81.8 Å². The van der Waals surface area contributed by atoms with Crippen LogP contribution in [0.4, 0.5) is 0 Å². The summed E-state index contributed by atoms with van der Waals surface area (Å²) in [5, 5.41) is 0. The topological polar surface area (TPSA) is 91.7 Å². The SMILES string of the molecule is [N-]=[N+]=N[Si]12OCCN(CCO1)CNO2. The third-order valence-electron chi connectivity index (χ3n) is 2.04. The lowest BCUT2D eigenvalue weighted by Crippen LogP contribution is -2.57. The highest BCUT2D eigenvalue weighted by atomic mass is 28.4. The molecule has 9 heteroatoms. The number of fused-ring (bicyclic) bond motifs is 6. The molecule has 2 bridgehead atoms. The summed E-state index contributed by atoms with van der Waals surface area (Å²) < 4.78 is 19.4. The molecule has 0 aromatic heterocycles. The largest absolute Gasteiger partial charge is 0.608 e. The molecule has 3 aliphatic heterocycles. The standard InChI is InChI=1S/C5H11N5O3Si/c6-8-9-14-11-3-1-10(2-4-12-14)5-7-13-14/h7H,1-5H2. The van der Waals surface area contributed by atoms with Gasteiger partial charge in [0, 0.05) is 18.0 Å². The van der Waals surface area contributed by atoms with Gasteiger partial charge in [-0.2, -0.15) is 5.48 Å². The van der Waals surface area contributed by atoms with Crippen LogP contribution in [0.5, 0.6) is 0 Å². The first kappa shape index (κ1) is 9.87. The van der Waals surface area contributed by atoms with Crippen LogP contribution >= 0.6 is 0 Å². The minimum atomic E-state index is -3.16. The molecule has 0 amide bonds. The van der Waals surface area contributed by atoms with Crippen LogP contribution in [0.2, 0.25) is 0 Å². The first-order valence-electron chi connectivity index (χ1n) is 4.32. The van der Waals surface area contributed by atoms with Gasteiger partial charge in [-0.05, 0) is 10.3 Å². The van der Waals surface area contributed by atoms with E-state index in [0.29, 0.717) is 19.9 Å². The molecule has 0 radical (unpaired) electrons. The van der Waals surface area contributed by atoms with E-state index in [4.69, 9.17) is 18.9 Å². The normalized spacial score (nSPS) is 37.9. The van der Waals surface area contributed by atoms with Crippen molar-refractivity contribution < 1.29 is 13.4 Å². The van der Waals surface area contributed by atoms with Crippen LogP contribution < -0.4 is 5.48 Å². The first-order valence-corrected chi connectivity index (χ1v) is 5.99. The van der Waals surface area contributed by atoms with Crippen molar-refractivity contribution in [3.05, 3.63) is 10.4 Å². The third kappa shape index (κ3) is 2.04. The number of azide groups is 1. The number of nitrogens with zero attached hydrogens (tertiary/aromatic N) is 4. The molecule has 14 heavy (non-hydrogen) atoms. The van der Waals surface area contributed by atoms with Gasteiger partial charge >= 0.3 is 8.97 Å². The third-order valence-corrected chi connectivity index (χ3v) is 3.91. The van der Waals surface area contributed by atoms with E-state index in [1.165, 1.54) is 0 Å². The van der Waals surface area contributed by atoms with Gasteiger partial charge in [-0.1, -0.05) is 0 Å². The number of hydrogen-bond acceptors (Lipinski definition) is 6. The van der Waals surface area contributed by atoms with E-state index in [0.717, 1.165) is 13.1 Å².